The number of benzene rings is 2. The van der Waals surface area contributed by atoms with E-state index in [9.17, 15) is 13.9 Å². The predicted octanol–water partition coefficient (Wildman–Crippen LogP) is 4.92. The molecule has 0 aliphatic carbocycles. The number of halogens is 3. The predicted molar refractivity (Wildman–Crippen MR) is 147 cm³/mol. The molecule has 0 spiro atoms. The van der Waals surface area contributed by atoms with Gasteiger partial charge in [0.05, 0.1) is 11.1 Å². The normalized spacial score (nSPS) is 27.8. The number of phenols is 1. The van der Waals surface area contributed by atoms with Crippen molar-refractivity contribution in [2.45, 2.75) is 55.9 Å². The fourth-order valence-corrected chi connectivity index (χ4v) is 7.47. The van der Waals surface area contributed by atoms with Crippen LogP contribution in [0.2, 0.25) is 0 Å². The lowest BCUT2D eigenvalue weighted by Gasteiger charge is -2.34. The van der Waals surface area contributed by atoms with E-state index >= 15 is 4.39 Å². The Bertz CT molecular complexity index is 1670. The minimum absolute atomic E-state index is 0.0250. The van der Waals surface area contributed by atoms with Gasteiger partial charge in [-0.3, -0.25) is 4.90 Å². The number of piperazine rings is 1. The van der Waals surface area contributed by atoms with Crippen molar-refractivity contribution in [3.8, 4) is 23.1 Å². The average molecular weight is 566 g/mol. The van der Waals surface area contributed by atoms with Gasteiger partial charge in [-0.25, -0.2) is 18.2 Å². The van der Waals surface area contributed by atoms with Crippen LogP contribution in [0.3, 0.4) is 0 Å². The SMILES string of the molecule is Oc1cc(-c2nc3cc(OC[C@@]45CCCN4C[C@H](F)C5)nc(N4CC5CCC(C4)N5)c3o2)c2c(F)c(F)ccc2c1. The Morgan fingerprint density at radius 2 is 1.93 bits per heavy atom. The molecule has 4 aliphatic rings. The van der Waals surface area contributed by atoms with Gasteiger partial charge in [-0.2, -0.15) is 4.98 Å². The maximum absolute atomic E-state index is 15.0. The second-order valence-electron chi connectivity index (χ2n) is 12.0. The molecule has 4 fully saturated rings. The molecule has 4 saturated heterocycles. The van der Waals surface area contributed by atoms with Crippen LogP contribution in [0.5, 0.6) is 11.6 Å². The Balaban J connectivity index is 1.23. The van der Waals surface area contributed by atoms with E-state index in [1.54, 1.807) is 6.07 Å². The number of fused-ring (bicyclic) bond motifs is 5. The minimum atomic E-state index is -1.04. The molecule has 8 nitrogen and oxygen atoms in total. The summed E-state index contributed by atoms with van der Waals surface area (Å²) in [7, 11) is 0. The molecule has 8 rings (SSSR count). The fraction of sp³-hybridized carbons (Fsp3) is 0.467. The maximum atomic E-state index is 15.0. The minimum Gasteiger partial charge on any atom is -0.508 e. The van der Waals surface area contributed by atoms with E-state index in [2.05, 4.69) is 20.1 Å². The van der Waals surface area contributed by atoms with Gasteiger partial charge in [-0.1, -0.05) is 6.07 Å². The summed E-state index contributed by atoms with van der Waals surface area (Å²) in [6.07, 6.45) is 3.63. The standard InChI is InChI=1S/C30H30F3N5O3/c31-17-11-30(6-1-7-38(30)12-17)15-40-24-10-23-27(28(36-24)37-13-18-3-4-19(14-37)34-18)41-29(35-23)21-9-20(39)8-16-2-5-22(32)26(33)25(16)21/h2,5,8-10,17-19,34,39H,1,3-4,6-7,11-15H2/t17-,18?,19?,30+/m1/s1. The molecule has 0 radical (unpaired) electrons. The van der Waals surface area contributed by atoms with Gasteiger partial charge in [0.1, 0.15) is 24.0 Å². The van der Waals surface area contributed by atoms with E-state index in [1.807, 2.05) is 0 Å². The first-order valence-electron chi connectivity index (χ1n) is 14.3. The van der Waals surface area contributed by atoms with Gasteiger partial charge in [0.15, 0.2) is 23.0 Å². The quantitative estimate of drug-likeness (QED) is 0.353. The Labute approximate surface area is 234 Å². The highest BCUT2D eigenvalue weighted by Gasteiger charge is 2.49. The number of pyridine rings is 1. The molecule has 2 aromatic heterocycles. The molecule has 0 saturated carbocycles. The Morgan fingerprint density at radius 1 is 1.10 bits per heavy atom. The second kappa shape index (κ2) is 9.22. The monoisotopic (exact) mass is 565 g/mol. The molecular formula is C30H30F3N5O3. The largest absolute Gasteiger partial charge is 0.508 e. The first-order chi connectivity index (χ1) is 19.8. The summed E-state index contributed by atoms with van der Waals surface area (Å²) in [5.74, 6) is -1.19. The van der Waals surface area contributed by atoms with Crippen LogP contribution in [0, 0.1) is 11.6 Å². The van der Waals surface area contributed by atoms with Crippen molar-refractivity contribution in [3.05, 3.63) is 42.0 Å². The number of nitrogens with one attached hydrogen (secondary N) is 1. The van der Waals surface area contributed by atoms with Crippen molar-refractivity contribution in [1.82, 2.24) is 20.2 Å². The van der Waals surface area contributed by atoms with Crippen LogP contribution in [0.1, 0.15) is 32.1 Å². The van der Waals surface area contributed by atoms with Crippen molar-refractivity contribution >= 4 is 27.7 Å². The van der Waals surface area contributed by atoms with Gasteiger partial charge < -0.3 is 24.5 Å². The number of nitrogens with zero attached hydrogens (tertiary/aromatic N) is 4. The fourth-order valence-electron chi connectivity index (χ4n) is 7.47. The first kappa shape index (κ1) is 25.2. The zero-order chi connectivity index (χ0) is 27.9. The molecule has 214 valence electrons. The molecule has 11 heteroatoms. The van der Waals surface area contributed by atoms with E-state index in [-0.39, 0.29) is 28.1 Å². The van der Waals surface area contributed by atoms with Crippen molar-refractivity contribution in [3.63, 3.8) is 0 Å². The molecular weight excluding hydrogens is 535 g/mol. The third-order valence-electron chi connectivity index (χ3n) is 9.32. The first-order valence-corrected chi connectivity index (χ1v) is 14.3. The summed E-state index contributed by atoms with van der Waals surface area (Å²) in [6, 6.07) is 7.47. The number of rotatable bonds is 5. The molecule has 0 amide bonds. The molecule has 4 aromatic rings. The summed E-state index contributed by atoms with van der Waals surface area (Å²) in [5, 5.41) is 14.3. The van der Waals surface area contributed by atoms with Gasteiger partial charge in [0.25, 0.3) is 0 Å². The maximum Gasteiger partial charge on any atom is 0.228 e. The van der Waals surface area contributed by atoms with Crippen LogP contribution in [0.25, 0.3) is 33.3 Å². The van der Waals surface area contributed by atoms with Crippen molar-refractivity contribution in [2.75, 3.05) is 37.7 Å². The Hall–Kier alpha value is -3.57. The number of phenolic OH excluding ortho intramolecular Hbond substituents is 1. The molecule has 41 heavy (non-hydrogen) atoms. The number of alkyl halides is 1. The zero-order valence-electron chi connectivity index (χ0n) is 22.4. The summed E-state index contributed by atoms with van der Waals surface area (Å²) in [6.45, 7) is 3.09. The van der Waals surface area contributed by atoms with E-state index in [1.165, 1.54) is 18.2 Å². The van der Waals surface area contributed by atoms with Crippen LogP contribution in [-0.4, -0.2) is 76.6 Å². The van der Waals surface area contributed by atoms with E-state index in [0.29, 0.717) is 59.8 Å². The summed E-state index contributed by atoms with van der Waals surface area (Å²) in [5.41, 5.74) is 0.672. The highest BCUT2D eigenvalue weighted by Crippen LogP contribution is 2.42. The van der Waals surface area contributed by atoms with E-state index in [4.69, 9.17) is 14.1 Å². The Morgan fingerprint density at radius 3 is 2.76 bits per heavy atom. The topological polar surface area (TPSA) is 86.9 Å². The number of ether oxygens (including phenoxy) is 1. The number of anilines is 1. The van der Waals surface area contributed by atoms with Crippen molar-refractivity contribution in [2.24, 2.45) is 0 Å². The number of hydrogen-bond donors (Lipinski definition) is 2. The molecule has 2 unspecified atom stereocenters. The lowest BCUT2D eigenvalue weighted by molar-refractivity contribution is 0.111. The van der Waals surface area contributed by atoms with E-state index in [0.717, 1.165) is 51.4 Å². The summed E-state index contributed by atoms with van der Waals surface area (Å²) < 4.78 is 56.2. The van der Waals surface area contributed by atoms with Crippen LogP contribution in [-0.2, 0) is 0 Å². The molecule has 4 atom stereocenters. The Kier molecular flexibility index (Phi) is 5.66. The number of aromatic hydroxyl groups is 1. The molecule has 2 bridgehead atoms. The highest BCUT2D eigenvalue weighted by molar-refractivity contribution is 5.98. The molecule has 2 N–H and O–H groups in total. The third kappa shape index (κ3) is 4.12. The van der Waals surface area contributed by atoms with Crippen molar-refractivity contribution < 1.29 is 27.4 Å². The highest BCUT2D eigenvalue weighted by atomic mass is 19.2. The number of oxazole rings is 1. The van der Waals surface area contributed by atoms with Crippen LogP contribution in [0.4, 0.5) is 19.0 Å². The van der Waals surface area contributed by atoms with Gasteiger partial charge >= 0.3 is 0 Å². The molecule has 4 aliphatic heterocycles. The molecule has 2 aromatic carbocycles. The average Bonchev–Trinajstić information content (AvgIpc) is 3.70. The van der Waals surface area contributed by atoms with Crippen LogP contribution in [0.15, 0.2) is 34.7 Å². The summed E-state index contributed by atoms with van der Waals surface area (Å²) in [4.78, 5) is 13.9. The van der Waals surface area contributed by atoms with Crippen LogP contribution < -0.4 is 15.0 Å². The van der Waals surface area contributed by atoms with Crippen molar-refractivity contribution in [1.29, 1.82) is 0 Å². The summed E-state index contributed by atoms with van der Waals surface area (Å²) >= 11 is 0. The lowest BCUT2D eigenvalue weighted by Crippen LogP contribution is -2.51. The lowest BCUT2D eigenvalue weighted by atomic mass is 9.95. The second-order valence-corrected chi connectivity index (χ2v) is 12.0. The smallest absolute Gasteiger partial charge is 0.228 e. The van der Waals surface area contributed by atoms with E-state index < -0.39 is 17.8 Å². The number of hydrogen-bond acceptors (Lipinski definition) is 8. The number of aromatic nitrogens is 2. The third-order valence-corrected chi connectivity index (χ3v) is 9.32. The zero-order valence-corrected chi connectivity index (χ0v) is 22.4. The van der Waals surface area contributed by atoms with Crippen LogP contribution >= 0.6 is 0 Å². The van der Waals surface area contributed by atoms with Gasteiger partial charge in [0.2, 0.25) is 11.8 Å². The van der Waals surface area contributed by atoms with Gasteiger partial charge in [0, 0.05) is 49.6 Å². The van der Waals surface area contributed by atoms with Gasteiger partial charge in [-0.05, 0) is 55.8 Å². The molecule has 6 heterocycles. The van der Waals surface area contributed by atoms with Gasteiger partial charge in [-0.15, -0.1) is 0 Å².